The van der Waals surface area contributed by atoms with E-state index in [1.54, 1.807) is 0 Å². The normalized spacial score (nSPS) is 11.5. The minimum absolute atomic E-state index is 0.698. The van der Waals surface area contributed by atoms with Crippen LogP contribution in [0.15, 0.2) is 231 Å². The Kier molecular flexibility index (Phi) is 8.46. The van der Waals surface area contributed by atoms with Gasteiger partial charge < -0.3 is 9.13 Å². The van der Waals surface area contributed by atoms with Gasteiger partial charge in [0.1, 0.15) is 0 Å². The van der Waals surface area contributed by atoms with Gasteiger partial charge in [-0.25, -0.2) is 9.97 Å². The van der Waals surface area contributed by atoms with Gasteiger partial charge in [0.05, 0.1) is 33.5 Å². The van der Waals surface area contributed by atoms with Crippen LogP contribution in [0.25, 0.3) is 111 Å². The molecule has 0 unspecified atom stereocenters. The number of rotatable bonds is 7. The van der Waals surface area contributed by atoms with E-state index < -0.39 is 0 Å². The lowest BCUT2D eigenvalue weighted by molar-refractivity contribution is 1.18. The van der Waals surface area contributed by atoms with Crippen LogP contribution in [-0.2, 0) is 0 Å². The maximum atomic E-state index is 5.12. The van der Waals surface area contributed by atoms with Gasteiger partial charge in [0.2, 0.25) is 0 Å². The van der Waals surface area contributed by atoms with Crippen molar-refractivity contribution in [3.05, 3.63) is 231 Å². The van der Waals surface area contributed by atoms with Crippen LogP contribution in [-0.4, -0.2) is 19.1 Å². The first-order chi connectivity index (χ1) is 30.7. The Morgan fingerprint density at radius 2 is 0.694 bits per heavy atom. The van der Waals surface area contributed by atoms with Crippen molar-refractivity contribution in [1.29, 1.82) is 0 Å². The minimum atomic E-state index is 0.698. The molecule has 12 aromatic rings. The van der Waals surface area contributed by atoms with Crippen molar-refractivity contribution < 1.29 is 0 Å². The summed E-state index contributed by atoms with van der Waals surface area (Å²) >= 11 is 0. The van der Waals surface area contributed by atoms with E-state index in [2.05, 4.69) is 228 Å². The van der Waals surface area contributed by atoms with Crippen molar-refractivity contribution in [1.82, 2.24) is 19.1 Å². The molecular weight excluding hydrogens is 753 g/mol. The monoisotopic (exact) mass is 790 g/mol. The zero-order valence-corrected chi connectivity index (χ0v) is 33.7. The molecule has 0 bridgehead atoms. The summed E-state index contributed by atoms with van der Waals surface area (Å²) in [5.41, 5.74) is 16.5. The molecule has 12 rings (SSSR count). The lowest BCUT2D eigenvalue weighted by Crippen LogP contribution is -1.96. The average molecular weight is 791 g/mol. The third-order valence-electron chi connectivity index (χ3n) is 12.1. The van der Waals surface area contributed by atoms with Crippen LogP contribution >= 0.6 is 0 Å². The topological polar surface area (TPSA) is 35.6 Å². The van der Waals surface area contributed by atoms with E-state index in [1.165, 1.54) is 49.2 Å². The predicted molar refractivity (Wildman–Crippen MR) is 258 cm³/mol. The highest BCUT2D eigenvalue weighted by atomic mass is 15.0. The van der Waals surface area contributed by atoms with E-state index in [-0.39, 0.29) is 0 Å². The fraction of sp³-hybridized carbons (Fsp3) is 0. The Balaban J connectivity index is 0.938. The summed E-state index contributed by atoms with van der Waals surface area (Å²) in [5.74, 6) is 0.698. The number of fused-ring (bicyclic) bond motifs is 6. The first-order valence-electron chi connectivity index (χ1n) is 21.1. The zero-order chi connectivity index (χ0) is 41.0. The number of nitrogens with zero attached hydrogens (tertiary/aromatic N) is 4. The Bertz CT molecular complexity index is 3550. The molecule has 0 fully saturated rings. The number of hydrogen-bond donors (Lipinski definition) is 0. The van der Waals surface area contributed by atoms with E-state index in [4.69, 9.17) is 9.97 Å². The Labute approximate surface area is 359 Å². The van der Waals surface area contributed by atoms with Gasteiger partial charge >= 0.3 is 0 Å². The van der Waals surface area contributed by atoms with E-state index in [9.17, 15) is 0 Å². The van der Waals surface area contributed by atoms with Crippen molar-refractivity contribution in [3.63, 3.8) is 0 Å². The number of benzene rings is 9. The van der Waals surface area contributed by atoms with Gasteiger partial charge in [0.15, 0.2) is 5.82 Å². The molecule has 3 heterocycles. The average Bonchev–Trinajstić information content (AvgIpc) is 3.87. The molecule has 0 radical (unpaired) electrons. The van der Waals surface area contributed by atoms with Crippen LogP contribution in [0.5, 0.6) is 0 Å². The van der Waals surface area contributed by atoms with Crippen LogP contribution in [0.4, 0.5) is 0 Å². The van der Waals surface area contributed by atoms with Gasteiger partial charge in [-0.3, -0.25) is 0 Å². The summed E-state index contributed by atoms with van der Waals surface area (Å²) in [6, 6.07) is 82.2. The van der Waals surface area contributed by atoms with Crippen LogP contribution in [0, 0.1) is 0 Å². The van der Waals surface area contributed by atoms with Gasteiger partial charge in [0.25, 0.3) is 0 Å². The van der Waals surface area contributed by atoms with Crippen molar-refractivity contribution in [3.8, 4) is 67.5 Å². The largest absolute Gasteiger partial charge is 0.309 e. The standard InChI is InChI=1S/C58H38N4/c1-4-15-40(16-5-1)52-38-53(41-17-6-2-7-18-41)60-58(59-52)45-20-14-19-42(35-45)44-29-33-50-48-23-10-12-25-54(48)62(57(50)37-44)47-31-27-39(28-32-47)43-30-34-56-51(36-43)49-24-11-13-26-55(49)61(56)46-21-8-3-9-22-46/h1-38H. The fourth-order valence-electron chi connectivity index (χ4n) is 9.17. The molecule has 0 atom stereocenters. The van der Waals surface area contributed by atoms with Crippen LogP contribution in [0.2, 0.25) is 0 Å². The second-order valence-electron chi connectivity index (χ2n) is 15.8. The second-order valence-corrected chi connectivity index (χ2v) is 15.8. The smallest absolute Gasteiger partial charge is 0.160 e. The van der Waals surface area contributed by atoms with E-state index in [1.807, 2.05) is 12.1 Å². The molecule has 290 valence electrons. The maximum absolute atomic E-state index is 5.12. The molecule has 0 amide bonds. The molecule has 0 aliphatic carbocycles. The summed E-state index contributed by atoms with van der Waals surface area (Å²) in [6.07, 6.45) is 0. The molecule has 0 saturated heterocycles. The molecule has 0 N–H and O–H groups in total. The van der Waals surface area contributed by atoms with Crippen LogP contribution in [0.1, 0.15) is 0 Å². The number of para-hydroxylation sites is 3. The first-order valence-corrected chi connectivity index (χ1v) is 21.1. The lowest BCUT2D eigenvalue weighted by atomic mass is 10.0. The quantitative estimate of drug-likeness (QED) is 0.161. The molecule has 0 aliphatic rings. The van der Waals surface area contributed by atoms with Crippen molar-refractivity contribution in [2.45, 2.75) is 0 Å². The van der Waals surface area contributed by atoms with E-state index in [0.29, 0.717) is 5.82 Å². The Hall–Kier alpha value is -8.34. The SMILES string of the molecule is c1ccc(-c2cc(-c3ccccc3)nc(-c3cccc(-c4ccc5c6ccccc6n(-c6ccc(-c7ccc8c(c7)c7ccccc7n8-c7ccccc7)cc6)c5c4)c3)n2)cc1. The van der Waals surface area contributed by atoms with Crippen molar-refractivity contribution in [2.24, 2.45) is 0 Å². The highest BCUT2D eigenvalue weighted by Crippen LogP contribution is 2.38. The molecule has 0 aliphatic heterocycles. The Morgan fingerprint density at radius 1 is 0.242 bits per heavy atom. The second kappa shape index (κ2) is 14.7. The molecule has 62 heavy (non-hydrogen) atoms. The van der Waals surface area contributed by atoms with E-state index in [0.717, 1.165) is 56.1 Å². The summed E-state index contributed by atoms with van der Waals surface area (Å²) in [6.45, 7) is 0. The molecular formula is C58H38N4. The summed E-state index contributed by atoms with van der Waals surface area (Å²) in [5, 5.41) is 4.95. The fourth-order valence-corrected chi connectivity index (χ4v) is 9.17. The molecule has 0 spiro atoms. The molecule has 4 heteroatoms. The van der Waals surface area contributed by atoms with Crippen LogP contribution < -0.4 is 0 Å². The molecule has 4 nitrogen and oxygen atoms in total. The molecule has 0 saturated carbocycles. The Morgan fingerprint density at radius 3 is 1.37 bits per heavy atom. The van der Waals surface area contributed by atoms with Crippen molar-refractivity contribution >= 4 is 43.6 Å². The summed E-state index contributed by atoms with van der Waals surface area (Å²) in [4.78, 5) is 10.2. The predicted octanol–water partition coefficient (Wildman–Crippen LogP) is 15.0. The summed E-state index contributed by atoms with van der Waals surface area (Å²) < 4.78 is 4.76. The maximum Gasteiger partial charge on any atom is 0.160 e. The van der Waals surface area contributed by atoms with E-state index >= 15 is 0 Å². The summed E-state index contributed by atoms with van der Waals surface area (Å²) in [7, 11) is 0. The first kappa shape index (κ1) is 35.6. The molecule has 9 aromatic carbocycles. The third kappa shape index (κ3) is 6.08. The number of hydrogen-bond acceptors (Lipinski definition) is 2. The van der Waals surface area contributed by atoms with Gasteiger partial charge in [-0.05, 0) is 89.0 Å². The highest BCUT2D eigenvalue weighted by molar-refractivity contribution is 6.11. The highest BCUT2D eigenvalue weighted by Gasteiger charge is 2.17. The van der Waals surface area contributed by atoms with Gasteiger partial charge in [-0.2, -0.15) is 0 Å². The minimum Gasteiger partial charge on any atom is -0.309 e. The van der Waals surface area contributed by atoms with Gasteiger partial charge in [-0.15, -0.1) is 0 Å². The zero-order valence-electron chi connectivity index (χ0n) is 33.7. The van der Waals surface area contributed by atoms with Crippen LogP contribution in [0.3, 0.4) is 0 Å². The lowest BCUT2D eigenvalue weighted by Gasteiger charge is -2.12. The van der Waals surface area contributed by atoms with Gasteiger partial charge in [-0.1, -0.05) is 164 Å². The third-order valence-corrected chi connectivity index (χ3v) is 12.1. The van der Waals surface area contributed by atoms with Gasteiger partial charge in [0, 0.05) is 49.6 Å². The van der Waals surface area contributed by atoms with Crippen molar-refractivity contribution in [2.75, 3.05) is 0 Å². The number of aromatic nitrogens is 4. The molecule has 3 aromatic heterocycles.